The van der Waals surface area contributed by atoms with Crippen LogP contribution in [0.25, 0.3) is 0 Å². The summed E-state index contributed by atoms with van der Waals surface area (Å²) in [4.78, 5) is 28.7. The highest BCUT2D eigenvalue weighted by Crippen LogP contribution is 2.26. The van der Waals surface area contributed by atoms with Crippen molar-refractivity contribution in [3.63, 3.8) is 0 Å². The number of hydrogen-bond donors (Lipinski definition) is 1. The number of methoxy groups -OCH3 is 1. The fourth-order valence-electron chi connectivity index (χ4n) is 4.36. The number of carbonyl (C=O) groups is 2. The standard InChI is InChI=1S/C31H38FN3O5S/c1-6-29(31(37)33-19-22(2)3)34(20-24-9-7-8-23(4)18-24)30(36)21-35(26-12-10-25(32)11-13-26)41(38,39)28-16-14-27(40-5)15-17-28/h7-18,22,29H,6,19-21H2,1-5H3,(H,33,37)/t29-/m1/s1. The van der Waals surface area contributed by atoms with Crippen LogP contribution in [0.5, 0.6) is 5.75 Å². The van der Waals surface area contributed by atoms with Crippen LogP contribution in [0.3, 0.4) is 0 Å². The van der Waals surface area contributed by atoms with E-state index in [4.69, 9.17) is 4.74 Å². The number of halogens is 1. The summed E-state index contributed by atoms with van der Waals surface area (Å²) >= 11 is 0. The van der Waals surface area contributed by atoms with Crippen LogP contribution >= 0.6 is 0 Å². The lowest BCUT2D eigenvalue weighted by Crippen LogP contribution is -2.52. The van der Waals surface area contributed by atoms with Gasteiger partial charge in [0, 0.05) is 13.1 Å². The van der Waals surface area contributed by atoms with Gasteiger partial charge in [-0.3, -0.25) is 13.9 Å². The zero-order valence-electron chi connectivity index (χ0n) is 24.1. The zero-order chi connectivity index (χ0) is 30.2. The number of amides is 2. The molecule has 0 saturated carbocycles. The topological polar surface area (TPSA) is 96.0 Å². The molecule has 0 aromatic heterocycles. The molecule has 0 saturated heterocycles. The molecular formula is C31H38FN3O5S. The van der Waals surface area contributed by atoms with E-state index in [1.165, 1.54) is 48.4 Å². The molecule has 41 heavy (non-hydrogen) atoms. The number of sulfonamides is 1. The zero-order valence-corrected chi connectivity index (χ0v) is 24.9. The van der Waals surface area contributed by atoms with Crippen molar-refractivity contribution in [2.75, 3.05) is 24.5 Å². The third kappa shape index (κ3) is 8.29. The van der Waals surface area contributed by atoms with E-state index in [1.807, 2.05) is 52.0 Å². The Bertz CT molecular complexity index is 1430. The second-order valence-corrected chi connectivity index (χ2v) is 12.1. The van der Waals surface area contributed by atoms with E-state index >= 15 is 0 Å². The van der Waals surface area contributed by atoms with Crippen molar-refractivity contribution in [3.8, 4) is 5.75 Å². The Balaban J connectivity index is 2.04. The fourth-order valence-corrected chi connectivity index (χ4v) is 5.77. The van der Waals surface area contributed by atoms with Gasteiger partial charge >= 0.3 is 0 Å². The SMILES string of the molecule is CC[C@H](C(=O)NCC(C)C)N(Cc1cccc(C)c1)C(=O)CN(c1ccc(F)cc1)S(=O)(=O)c1ccc(OC)cc1. The minimum absolute atomic E-state index is 0.0672. The molecule has 10 heteroatoms. The van der Waals surface area contributed by atoms with E-state index in [9.17, 15) is 22.4 Å². The van der Waals surface area contributed by atoms with Gasteiger partial charge in [-0.2, -0.15) is 0 Å². The van der Waals surface area contributed by atoms with Crippen molar-refractivity contribution in [1.29, 1.82) is 0 Å². The molecule has 3 aromatic rings. The first-order chi connectivity index (χ1) is 19.5. The average molecular weight is 584 g/mol. The van der Waals surface area contributed by atoms with Crippen LogP contribution in [0.2, 0.25) is 0 Å². The molecule has 0 aliphatic heterocycles. The second-order valence-electron chi connectivity index (χ2n) is 10.2. The molecule has 8 nitrogen and oxygen atoms in total. The largest absolute Gasteiger partial charge is 0.497 e. The van der Waals surface area contributed by atoms with Gasteiger partial charge in [-0.25, -0.2) is 12.8 Å². The second kappa shape index (κ2) is 14.1. The van der Waals surface area contributed by atoms with Gasteiger partial charge in [0.05, 0.1) is 17.7 Å². The van der Waals surface area contributed by atoms with Gasteiger partial charge in [-0.1, -0.05) is 50.6 Å². The van der Waals surface area contributed by atoms with Crippen LogP contribution in [-0.4, -0.2) is 51.4 Å². The van der Waals surface area contributed by atoms with Gasteiger partial charge in [0.15, 0.2) is 0 Å². The van der Waals surface area contributed by atoms with Gasteiger partial charge in [0.25, 0.3) is 10.0 Å². The van der Waals surface area contributed by atoms with Crippen LogP contribution in [-0.2, 0) is 26.2 Å². The fraction of sp³-hybridized carbons (Fsp3) is 0.355. The third-order valence-corrected chi connectivity index (χ3v) is 8.33. The molecule has 0 spiro atoms. The van der Waals surface area contributed by atoms with Crippen LogP contribution in [0, 0.1) is 18.7 Å². The quantitative estimate of drug-likeness (QED) is 0.308. The van der Waals surface area contributed by atoms with E-state index in [1.54, 1.807) is 0 Å². The maximum atomic E-state index is 14.1. The van der Waals surface area contributed by atoms with Gasteiger partial charge in [0.2, 0.25) is 11.8 Å². The Morgan fingerprint density at radius 2 is 1.66 bits per heavy atom. The first kappa shape index (κ1) is 31.6. The van der Waals surface area contributed by atoms with Crippen LogP contribution in [0.4, 0.5) is 10.1 Å². The molecule has 0 aliphatic carbocycles. The van der Waals surface area contributed by atoms with Gasteiger partial charge in [-0.15, -0.1) is 0 Å². The molecule has 1 N–H and O–H groups in total. The molecule has 2 amide bonds. The number of anilines is 1. The monoisotopic (exact) mass is 583 g/mol. The lowest BCUT2D eigenvalue weighted by molar-refractivity contribution is -0.140. The van der Waals surface area contributed by atoms with E-state index in [0.29, 0.717) is 18.7 Å². The number of aryl methyl sites for hydroxylation is 1. The predicted molar refractivity (Wildman–Crippen MR) is 158 cm³/mol. The van der Waals surface area contributed by atoms with Crippen LogP contribution in [0.15, 0.2) is 77.7 Å². The molecule has 0 radical (unpaired) electrons. The lowest BCUT2D eigenvalue weighted by atomic mass is 10.1. The Labute approximate surface area is 242 Å². The molecule has 220 valence electrons. The van der Waals surface area contributed by atoms with Crippen molar-refractivity contribution >= 4 is 27.5 Å². The third-order valence-electron chi connectivity index (χ3n) is 6.55. The highest BCUT2D eigenvalue weighted by Gasteiger charge is 2.33. The predicted octanol–water partition coefficient (Wildman–Crippen LogP) is 4.92. The van der Waals surface area contributed by atoms with Gasteiger partial charge in [0.1, 0.15) is 24.2 Å². The van der Waals surface area contributed by atoms with Crippen molar-refractivity contribution < 1.29 is 27.1 Å². The first-order valence-electron chi connectivity index (χ1n) is 13.5. The number of hydrogen-bond acceptors (Lipinski definition) is 5. The van der Waals surface area contributed by atoms with E-state index in [-0.39, 0.29) is 29.0 Å². The summed E-state index contributed by atoms with van der Waals surface area (Å²) in [5.41, 5.74) is 1.91. The Kier molecular flexibility index (Phi) is 10.9. The molecular weight excluding hydrogens is 545 g/mol. The average Bonchev–Trinajstić information content (AvgIpc) is 2.95. The van der Waals surface area contributed by atoms with E-state index in [0.717, 1.165) is 27.6 Å². The molecule has 0 heterocycles. The van der Waals surface area contributed by atoms with Gasteiger partial charge in [-0.05, 0) is 73.4 Å². The molecule has 0 aliphatic rings. The maximum Gasteiger partial charge on any atom is 0.264 e. The Hall–Kier alpha value is -3.92. The minimum Gasteiger partial charge on any atom is -0.497 e. The van der Waals surface area contributed by atoms with E-state index in [2.05, 4.69) is 5.32 Å². The highest BCUT2D eigenvalue weighted by molar-refractivity contribution is 7.92. The number of benzene rings is 3. The summed E-state index contributed by atoms with van der Waals surface area (Å²) in [6.07, 6.45) is 0.323. The lowest BCUT2D eigenvalue weighted by Gasteiger charge is -2.33. The highest BCUT2D eigenvalue weighted by atomic mass is 32.2. The molecule has 3 rings (SSSR count). The van der Waals surface area contributed by atoms with Gasteiger partial charge < -0.3 is 15.0 Å². The summed E-state index contributed by atoms with van der Waals surface area (Å²) in [6, 6.07) is 17.4. The molecule has 0 bridgehead atoms. The summed E-state index contributed by atoms with van der Waals surface area (Å²) in [5, 5.41) is 2.91. The Morgan fingerprint density at radius 1 is 1.00 bits per heavy atom. The van der Waals surface area contributed by atoms with Crippen LogP contribution in [0.1, 0.15) is 38.3 Å². The van der Waals surface area contributed by atoms with E-state index < -0.39 is 34.3 Å². The summed E-state index contributed by atoms with van der Waals surface area (Å²) in [7, 11) is -2.80. The Morgan fingerprint density at radius 3 is 2.22 bits per heavy atom. The number of ether oxygens (including phenoxy) is 1. The molecule has 0 unspecified atom stereocenters. The molecule has 1 atom stereocenters. The molecule has 0 fully saturated rings. The van der Waals surface area contributed by atoms with Crippen molar-refractivity contribution in [2.45, 2.75) is 51.6 Å². The smallest absolute Gasteiger partial charge is 0.264 e. The minimum atomic E-state index is -4.27. The van der Waals surface area contributed by atoms with Crippen molar-refractivity contribution in [2.24, 2.45) is 5.92 Å². The number of rotatable bonds is 13. The summed E-state index contributed by atoms with van der Waals surface area (Å²) in [5.74, 6) is -0.749. The van der Waals surface area contributed by atoms with Crippen molar-refractivity contribution in [1.82, 2.24) is 10.2 Å². The summed E-state index contributed by atoms with van der Waals surface area (Å²) in [6.45, 7) is 7.63. The summed E-state index contributed by atoms with van der Waals surface area (Å²) < 4.78 is 47.6. The first-order valence-corrected chi connectivity index (χ1v) is 14.9. The molecule has 3 aromatic carbocycles. The normalized spacial score (nSPS) is 12.1. The maximum absolute atomic E-state index is 14.1. The van der Waals surface area contributed by atoms with Crippen molar-refractivity contribution in [3.05, 3.63) is 89.7 Å². The van der Waals surface area contributed by atoms with Crippen LogP contribution < -0.4 is 14.4 Å². The number of nitrogens with one attached hydrogen (secondary N) is 1. The number of carbonyl (C=O) groups excluding carboxylic acids is 2. The number of nitrogens with zero attached hydrogens (tertiary/aromatic N) is 2.